The van der Waals surface area contributed by atoms with Gasteiger partial charge in [-0.2, -0.15) is 26.3 Å². The van der Waals surface area contributed by atoms with Gasteiger partial charge in [0.25, 0.3) is 11.4 Å². The molecule has 0 spiro atoms. The summed E-state index contributed by atoms with van der Waals surface area (Å²) in [5.74, 6) is 0. The Labute approximate surface area is 168 Å². The molecule has 4 rings (SSSR count). The van der Waals surface area contributed by atoms with Gasteiger partial charge in [-0.15, -0.1) is 0 Å². The summed E-state index contributed by atoms with van der Waals surface area (Å²) in [6, 6.07) is 2.17. The fraction of sp³-hybridized carbons (Fsp3) is 0.294. The molecule has 2 aromatic rings. The number of benzene rings is 2. The van der Waals surface area contributed by atoms with Crippen molar-refractivity contribution in [3.8, 4) is 0 Å². The van der Waals surface area contributed by atoms with Crippen LogP contribution >= 0.6 is 0 Å². The number of nitro groups is 2. The Morgan fingerprint density at radius 1 is 0.710 bits per heavy atom. The summed E-state index contributed by atoms with van der Waals surface area (Å²) in [5, 5.41) is 22.9. The topological polar surface area (TPSA) is 92.8 Å². The van der Waals surface area contributed by atoms with Crippen LogP contribution in [0.3, 0.4) is 0 Å². The molecule has 0 saturated carbocycles. The number of nitro benzene ring substituents is 2. The van der Waals surface area contributed by atoms with Crippen LogP contribution in [0.4, 0.5) is 49.1 Å². The minimum Gasteiger partial charge on any atom is -0.344 e. The average Bonchev–Trinajstić information content (AvgIpc) is 2.64. The molecule has 31 heavy (non-hydrogen) atoms. The molecular weight excluding hydrogens is 438 g/mol. The van der Waals surface area contributed by atoms with E-state index in [1.807, 2.05) is 0 Å². The van der Waals surface area contributed by atoms with E-state index in [0.717, 1.165) is 0 Å². The third-order valence-corrected chi connectivity index (χ3v) is 5.08. The molecule has 0 atom stereocenters. The van der Waals surface area contributed by atoms with Gasteiger partial charge in [0.1, 0.15) is 11.4 Å². The van der Waals surface area contributed by atoms with Crippen molar-refractivity contribution in [1.29, 1.82) is 0 Å². The summed E-state index contributed by atoms with van der Waals surface area (Å²) >= 11 is 0. The molecule has 2 aliphatic rings. The molecule has 2 aliphatic heterocycles. The lowest BCUT2D eigenvalue weighted by atomic mass is 9.96. The quantitative estimate of drug-likeness (QED) is 0.371. The third-order valence-electron chi connectivity index (χ3n) is 5.08. The lowest BCUT2D eigenvalue weighted by molar-refractivity contribution is -0.384. The van der Waals surface area contributed by atoms with Crippen molar-refractivity contribution in [2.45, 2.75) is 25.4 Å². The number of nitrogens with zero attached hydrogens (tertiary/aromatic N) is 4. The summed E-state index contributed by atoms with van der Waals surface area (Å²) in [7, 11) is 0. The van der Waals surface area contributed by atoms with Crippen LogP contribution < -0.4 is 9.80 Å². The van der Waals surface area contributed by atoms with E-state index in [1.165, 1.54) is 9.80 Å². The van der Waals surface area contributed by atoms with Gasteiger partial charge in [-0.3, -0.25) is 20.2 Å². The lowest BCUT2D eigenvalue weighted by Gasteiger charge is -2.44. The highest BCUT2D eigenvalue weighted by Crippen LogP contribution is 2.49. The fourth-order valence-electron chi connectivity index (χ4n) is 3.95. The Morgan fingerprint density at radius 2 is 1.06 bits per heavy atom. The van der Waals surface area contributed by atoms with Gasteiger partial charge in [0, 0.05) is 36.3 Å². The second kappa shape index (κ2) is 6.46. The van der Waals surface area contributed by atoms with Crippen LogP contribution in [0.15, 0.2) is 24.3 Å². The molecule has 0 N–H and O–H groups in total. The van der Waals surface area contributed by atoms with Crippen molar-refractivity contribution >= 4 is 22.7 Å². The molecule has 0 unspecified atom stereocenters. The zero-order valence-corrected chi connectivity index (χ0v) is 15.1. The Bertz CT molecular complexity index is 1040. The molecular formula is C17H10F6N4O4. The molecule has 0 saturated heterocycles. The molecule has 0 fully saturated rings. The van der Waals surface area contributed by atoms with Crippen molar-refractivity contribution in [3.05, 3.63) is 66.7 Å². The number of hydrogen-bond donors (Lipinski definition) is 0. The third kappa shape index (κ3) is 3.37. The first-order chi connectivity index (χ1) is 14.3. The molecule has 0 aliphatic carbocycles. The number of hydrogen-bond acceptors (Lipinski definition) is 6. The highest BCUT2D eigenvalue weighted by Gasteiger charge is 2.43. The van der Waals surface area contributed by atoms with E-state index in [4.69, 9.17) is 0 Å². The smallest absolute Gasteiger partial charge is 0.344 e. The second-order valence-corrected chi connectivity index (χ2v) is 7.05. The standard InChI is InChI=1S/C17H10F6N4O4/c18-16(19,20)10-1-8-5-24-7-25(14(8)12(3-10)26(28)29)6-9-2-11(17(21,22)23)4-13(15(9)24)27(30)31/h1-4H,5-7H2. The van der Waals surface area contributed by atoms with E-state index in [-0.39, 0.29) is 42.3 Å². The Kier molecular flexibility index (Phi) is 4.31. The number of fused-ring (bicyclic) bond motifs is 6. The molecule has 0 aromatic heterocycles. The normalized spacial score (nSPS) is 15.4. The van der Waals surface area contributed by atoms with Crippen molar-refractivity contribution in [3.63, 3.8) is 0 Å². The van der Waals surface area contributed by atoms with Crippen molar-refractivity contribution in [2.75, 3.05) is 16.5 Å². The van der Waals surface area contributed by atoms with Crippen molar-refractivity contribution < 1.29 is 36.2 Å². The average molecular weight is 448 g/mol. The Morgan fingerprint density at radius 3 is 1.35 bits per heavy atom. The summed E-state index contributed by atoms with van der Waals surface area (Å²) in [6.07, 6.45) is -9.74. The van der Waals surface area contributed by atoms with E-state index in [2.05, 4.69) is 0 Å². The van der Waals surface area contributed by atoms with Gasteiger partial charge in [0.05, 0.1) is 27.6 Å². The van der Waals surface area contributed by atoms with Crippen LogP contribution in [-0.4, -0.2) is 16.5 Å². The van der Waals surface area contributed by atoms with E-state index in [0.29, 0.717) is 24.3 Å². The first-order valence-corrected chi connectivity index (χ1v) is 8.54. The van der Waals surface area contributed by atoms with Crippen LogP contribution in [0.1, 0.15) is 22.3 Å². The van der Waals surface area contributed by atoms with Crippen LogP contribution in [0.25, 0.3) is 0 Å². The zero-order chi connectivity index (χ0) is 22.9. The van der Waals surface area contributed by atoms with Crippen LogP contribution in [-0.2, 0) is 25.4 Å². The summed E-state index contributed by atoms with van der Waals surface area (Å²) in [4.78, 5) is 23.4. The summed E-state index contributed by atoms with van der Waals surface area (Å²) in [5.41, 5.74) is -4.71. The molecule has 0 radical (unpaired) electrons. The van der Waals surface area contributed by atoms with Gasteiger partial charge in [0.15, 0.2) is 0 Å². The fourth-order valence-corrected chi connectivity index (χ4v) is 3.95. The maximum absolute atomic E-state index is 13.2. The van der Waals surface area contributed by atoms with Gasteiger partial charge in [0.2, 0.25) is 0 Å². The Balaban J connectivity index is 1.92. The van der Waals surface area contributed by atoms with E-state index in [1.54, 1.807) is 0 Å². The van der Waals surface area contributed by atoms with Crippen molar-refractivity contribution in [1.82, 2.24) is 0 Å². The molecule has 14 heteroatoms. The first kappa shape index (κ1) is 20.7. The predicted molar refractivity (Wildman–Crippen MR) is 93.4 cm³/mol. The predicted octanol–water partition coefficient (Wildman–Crippen LogP) is 4.84. The monoisotopic (exact) mass is 448 g/mol. The summed E-state index contributed by atoms with van der Waals surface area (Å²) in [6.45, 7) is -0.927. The van der Waals surface area contributed by atoms with Gasteiger partial charge in [-0.05, 0) is 12.1 Å². The number of anilines is 2. The lowest BCUT2D eigenvalue weighted by Crippen LogP contribution is -2.46. The van der Waals surface area contributed by atoms with Crippen LogP contribution in [0.5, 0.6) is 0 Å². The molecule has 0 amide bonds. The molecule has 164 valence electrons. The maximum Gasteiger partial charge on any atom is 0.416 e. The first-order valence-electron chi connectivity index (χ1n) is 8.54. The van der Waals surface area contributed by atoms with Gasteiger partial charge < -0.3 is 9.80 Å². The highest BCUT2D eigenvalue weighted by atomic mass is 19.4. The van der Waals surface area contributed by atoms with Crippen LogP contribution in [0.2, 0.25) is 0 Å². The maximum atomic E-state index is 13.2. The van der Waals surface area contributed by atoms with E-state index < -0.39 is 44.7 Å². The molecule has 2 bridgehead atoms. The zero-order valence-electron chi connectivity index (χ0n) is 15.1. The molecule has 8 nitrogen and oxygen atoms in total. The van der Waals surface area contributed by atoms with Gasteiger partial charge in [-0.1, -0.05) is 0 Å². The van der Waals surface area contributed by atoms with E-state index in [9.17, 15) is 46.6 Å². The molecule has 2 heterocycles. The second-order valence-electron chi connectivity index (χ2n) is 7.05. The number of alkyl halides is 6. The van der Waals surface area contributed by atoms with Crippen LogP contribution in [0, 0.1) is 20.2 Å². The largest absolute Gasteiger partial charge is 0.416 e. The van der Waals surface area contributed by atoms with Gasteiger partial charge in [-0.25, -0.2) is 0 Å². The SMILES string of the molecule is O=[N+]([O-])c1cc(C(F)(F)F)cc2c1N1Cc3cc(C(F)(F)F)cc([N+](=O)[O-])c3N(C2)C1. The van der Waals surface area contributed by atoms with E-state index >= 15 is 0 Å². The number of rotatable bonds is 2. The number of halogens is 6. The summed E-state index contributed by atoms with van der Waals surface area (Å²) < 4.78 is 79.3. The van der Waals surface area contributed by atoms with Gasteiger partial charge >= 0.3 is 12.4 Å². The highest BCUT2D eigenvalue weighted by molar-refractivity contribution is 5.79. The minimum atomic E-state index is -4.87. The molecule has 2 aromatic carbocycles. The van der Waals surface area contributed by atoms with Crippen molar-refractivity contribution in [2.24, 2.45) is 0 Å². The minimum absolute atomic E-state index is 0.104. The Hall–Kier alpha value is -3.58.